The Hall–Kier alpha value is -2.87. The Morgan fingerprint density at radius 1 is 0.971 bits per heavy atom. The van der Waals surface area contributed by atoms with Gasteiger partial charge in [-0.1, -0.05) is 42.5 Å². The first-order valence-corrected chi connectivity index (χ1v) is 13.4. The maximum Gasteiger partial charge on any atom is 0.242 e. The van der Waals surface area contributed by atoms with E-state index in [1.807, 2.05) is 70.2 Å². The van der Waals surface area contributed by atoms with E-state index in [9.17, 15) is 18.0 Å². The van der Waals surface area contributed by atoms with Gasteiger partial charge in [-0.25, -0.2) is 8.42 Å². The topological polar surface area (TPSA) is 86.8 Å². The van der Waals surface area contributed by atoms with Gasteiger partial charge in [0.1, 0.15) is 6.04 Å². The Labute approximate surface area is 204 Å². The van der Waals surface area contributed by atoms with Gasteiger partial charge in [0.25, 0.3) is 0 Å². The van der Waals surface area contributed by atoms with Crippen molar-refractivity contribution in [2.45, 2.75) is 66.1 Å². The number of hydrogen-bond donors (Lipinski definition) is 1. The lowest BCUT2D eigenvalue weighted by atomic mass is 10.1. The van der Waals surface area contributed by atoms with Crippen molar-refractivity contribution < 1.29 is 18.0 Å². The molecule has 1 N–H and O–H groups in total. The van der Waals surface area contributed by atoms with E-state index < -0.39 is 16.1 Å². The summed E-state index contributed by atoms with van der Waals surface area (Å²) in [5.74, 6) is -0.405. The maximum absolute atomic E-state index is 13.2. The van der Waals surface area contributed by atoms with Crippen molar-refractivity contribution >= 4 is 27.5 Å². The lowest BCUT2D eigenvalue weighted by Gasteiger charge is -2.30. The highest BCUT2D eigenvalue weighted by atomic mass is 32.2. The van der Waals surface area contributed by atoms with Crippen molar-refractivity contribution in [3.63, 3.8) is 0 Å². The van der Waals surface area contributed by atoms with Crippen molar-refractivity contribution in [3.8, 4) is 0 Å². The molecule has 2 amide bonds. The minimum absolute atomic E-state index is 0.0375. The standard InChI is InChI=1S/C26H37N3O4S/c1-19(2)27-26(31)22(5)28(18-23-13-8-7-9-14-23)25(30)16-11-17-29(34(6,32)33)24-15-10-12-20(3)21(24)4/h7-10,12-15,19,22H,11,16-18H2,1-6H3,(H,27,31). The first-order chi connectivity index (χ1) is 15.9. The van der Waals surface area contributed by atoms with Gasteiger partial charge < -0.3 is 10.2 Å². The molecule has 0 aliphatic carbocycles. The summed E-state index contributed by atoms with van der Waals surface area (Å²) in [7, 11) is -3.52. The van der Waals surface area contributed by atoms with E-state index in [0.29, 0.717) is 18.7 Å². The number of sulfonamides is 1. The molecule has 0 fully saturated rings. The minimum atomic E-state index is -3.52. The monoisotopic (exact) mass is 487 g/mol. The second kappa shape index (κ2) is 12.0. The smallest absolute Gasteiger partial charge is 0.242 e. The Balaban J connectivity index is 2.18. The summed E-state index contributed by atoms with van der Waals surface area (Å²) >= 11 is 0. The lowest BCUT2D eigenvalue weighted by molar-refractivity contribution is -0.140. The average Bonchev–Trinajstić information content (AvgIpc) is 2.76. The number of nitrogens with zero attached hydrogens (tertiary/aromatic N) is 2. The lowest BCUT2D eigenvalue weighted by Crippen LogP contribution is -2.49. The molecule has 7 nitrogen and oxygen atoms in total. The van der Waals surface area contributed by atoms with Crippen LogP contribution in [0.5, 0.6) is 0 Å². The summed E-state index contributed by atoms with van der Waals surface area (Å²) in [5, 5.41) is 2.87. The van der Waals surface area contributed by atoms with Crippen LogP contribution in [0.1, 0.15) is 50.3 Å². The number of rotatable bonds is 11. The van der Waals surface area contributed by atoms with E-state index in [2.05, 4.69) is 5.32 Å². The summed E-state index contributed by atoms with van der Waals surface area (Å²) in [6.45, 7) is 9.79. The maximum atomic E-state index is 13.2. The molecule has 0 heterocycles. The van der Waals surface area contributed by atoms with E-state index in [1.54, 1.807) is 17.9 Å². The summed E-state index contributed by atoms with van der Waals surface area (Å²) < 4.78 is 26.4. The van der Waals surface area contributed by atoms with Crippen molar-refractivity contribution in [1.82, 2.24) is 10.2 Å². The van der Waals surface area contributed by atoms with E-state index in [1.165, 1.54) is 10.6 Å². The molecule has 1 atom stereocenters. The molecule has 0 spiro atoms. The van der Waals surface area contributed by atoms with Gasteiger partial charge in [-0.3, -0.25) is 13.9 Å². The molecule has 0 bridgehead atoms. The zero-order valence-corrected chi connectivity index (χ0v) is 21.9. The largest absolute Gasteiger partial charge is 0.352 e. The zero-order chi connectivity index (χ0) is 25.5. The quantitative estimate of drug-likeness (QED) is 0.522. The predicted molar refractivity (Wildman–Crippen MR) is 137 cm³/mol. The Morgan fingerprint density at radius 2 is 1.62 bits per heavy atom. The van der Waals surface area contributed by atoms with Crippen LogP contribution < -0.4 is 9.62 Å². The molecule has 0 radical (unpaired) electrons. The zero-order valence-electron chi connectivity index (χ0n) is 21.0. The number of carbonyl (C=O) groups excluding carboxylic acids is 2. The third kappa shape index (κ3) is 7.58. The molecule has 0 aliphatic heterocycles. The van der Waals surface area contributed by atoms with Gasteiger partial charge in [0.2, 0.25) is 21.8 Å². The molecule has 0 aromatic heterocycles. The van der Waals surface area contributed by atoms with Crippen molar-refractivity contribution in [2.24, 2.45) is 0 Å². The number of benzene rings is 2. The highest BCUT2D eigenvalue weighted by molar-refractivity contribution is 7.92. The van der Waals surface area contributed by atoms with Crippen LogP contribution in [-0.4, -0.2) is 50.0 Å². The number of anilines is 1. The molecule has 0 aliphatic rings. The fraction of sp³-hybridized carbons (Fsp3) is 0.462. The summed E-state index contributed by atoms with van der Waals surface area (Å²) in [6, 6.07) is 14.4. The summed E-state index contributed by atoms with van der Waals surface area (Å²) in [5.41, 5.74) is 3.44. The first-order valence-electron chi connectivity index (χ1n) is 11.6. The second-order valence-electron chi connectivity index (χ2n) is 9.00. The molecule has 0 saturated carbocycles. The average molecular weight is 488 g/mol. The fourth-order valence-corrected chi connectivity index (χ4v) is 4.77. The molecule has 2 rings (SSSR count). The van der Waals surface area contributed by atoms with Crippen LogP contribution in [0, 0.1) is 13.8 Å². The van der Waals surface area contributed by atoms with Gasteiger partial charge in [-0.2, -0.15) is 0 Å². The molecule has 1 unspecified atom stereocenters. The molecular weight excluding hydrogens is 450 g/mol. The van der Waals surface area contributed by atoms with Gasteiger partial charge in [0.15, 0.2) is 0 Å². The van der Waals surface area contributed by atoms with Crippen LogP contribution >= 0.6 is 0 Å². The summed E-state index contributed by atoms with van der Waals surface area (Å²) in [6.07, 6.45) is 1.64. The molecule has 8 heteroatoms. The highest BCUT2D eigenvalue weighted by Crippen LogP contribution is 2.25. The van der Waals surface area contributed by atoms with Gasteiger partial charge in [0, 0.05) is 25.6 Å². The van der Waals surface area contributed by atoms with E-state index >= 15 is 0 Å². The Morgan fingerprint density at radius 3 is 2.21 bits per heavy atom. The van der Waals surface area contributed by atoms with Crippen molar-refractivity contribution in [3.05, 3.63) is 65.2 Å². The molecule has 186 valence electrons. The molecule has 2 aromatic carbocycles. The normalized spacial score (nSPS) is 12.3. The van der Waals surface area contributed by atoms with Crippen LogP contribution in [-0.2, 0) is 26.2 Å². The Bertz CT molecular complexity index is 1080. The van der Waals surface area contributed by atoms with Gasteiger partial charge >= 0.3 is 0 Å². The second-order valence-corrected chi connectivity index (χ2v) is 10.9. The van der Waals surface area contributed by atoms with E-state index in [4.69, 9.17) is 0 Å². The van der Waals surface area contributed by atoms with Crippen LogP contribution in [0.4, 0.5) is 5.69 Å². The molecule has 0 saturated heterocycles. The van der Waals surface area contributed by atoms with Gasteiger partial charge in [-0.05, 0) is 63.8 Å². The van der Waals surface area contributed by atoms with Crippen LogP contribution in [0.2, 0.25) is 0 Å². The highest BCUT2D eigenvalue weighted by Gasteiger charge is 2.27. The third-order valence-corrected chi connectivity index (χ3v) is 6.97. The molecule has 2 aromatic rings. The number of amides is 2. The van der Waals surface area contributed by atoms with E-state index in [-0.39, 0.29) is 30.8 Å². The SMILES string of the molecule is Cc1cccc(N(CCCC(=O)N(Cc2ccccc2)C(C)C(=O)NC(C)C)S(C)(=O)=O)c1C. The molecule has 34 heavy (non-hydrogen) atoms. The number of hydrogen-bond acceptors (Lipinski definition) is 4. The van der Waals surface area contributed by atoms with Crippen molar-refractivity contribution in [2.75, 3.05) is 17.1 Å². The summed E-state index contributed by atoms with van der Waals surface area (Å²) in [4.78, 5) is 27.5. The minimum Gasteiger partial charge on any atom is -0.352 e. The first kappa shape index (κ1) is 27.4. The van der Waals surface area contributed by atoms with Crippen LogP contribution in [0.3, 0.4) is 0 Å². The van der Waals surface area contributed by atoms with Crippen LogP contribution in [0.15, 0.2) is 48.5 Å². The Kier molecular flexibility index (Phi) is 9.67. The molecular formula is C26H37N3O4S. The number of nitrogens with one attached hydrogen (secondary N) is 1. The number of aryl methyl sites for hydroxylation is 1. The predicted octanol–water partition coefficient (Wildman–Crippen LogP) is 3.79. The third-order valence-electron chi connectivity index (χ3n) is 5.79. The van der Waals surface area contributed by atoms with Crippen LogP contribution in [0.25, 0.3) is 0 Å². The van der Waals surface area contributed by atoms with Crippen molar-refractivity contribution in [1.29, 1.82) is 0 Å². The fourth-order valence-electron chi connectivity index (χ4n) is 3.76. The van der Waals surface area contributed by atoms with Gasteiger partial charge in [0.05, 0.1) is 11.9 Å². The van der Waals surface area contributed by atoms with E-state index in [0.717, 1.165) is 16.7 Å². The number of carbonyl (C=O) groups is 2. The van der Waals surface area contributed by atoms with Gasteiger partial charge in [-0.15, -0.1) is 0 Å².